The molecule has 1 aliphatic rings. The van der Waals surface area contributed by atoms with E-state index in [1.54, 1.807) is 0 Å². The largest absolute Gasteiger partial charge is 0.310 e. The van der Waals surface area contributed by atoms with E-state index in [2.05, 4.69) is 106 Å². The summed E-state index contributed by atoms with van der Waals surface area (Å²) in [5.41, 5.74) is 5.93. The molecule has 1 fully saturated rings. The SMILES string of the molecule is CCn1c(NC(C)=O)nc2cc(CN3CCN(C(c4ccccc4)c4ccccc4)CC3)ccc21. The molecule has 2 heterocycles. The summed E-state index contributed by atoms with van der Waals surface area (Å²) in [6.45, 7) is 9.34. The van der Waals surface area contributed by atoms with Crippen LogP contribution >= 0.6 is 0 Å². The number of fused-ring (bicyclic) bond motifs is 1. The van der Waals surface area contributed by atoms with Gasteiger partial charge in [0, 0.05) is 46.2 Å². The van der Waals surface area contributed by atoms with E-state index >= 15 is 0 Å². The van der Waals surface area contributed by atoms with Crippen molar-refractivity contribution in [1.82, 2.24) is 19.4 Å². The van der Waals surface area contributed by atoms with Gasteiger partial charge in [0.05, 0.1) is 17.1 Å². The first kappa shape index (κ1) is 23.3. The van der Waals surface area contributed by atoms with Crippen LogP contribution in [0.2, 0.25) is 0 Å². The predicted octanol–water partition coefficient (Wildman–Crippen LogP) is 4.92. The fourth-order valence-corrected chi connectivity index (χ4v) is 5.17. The Morgan fingerprint density at radius 3 is 2.11 bits per heavy atom. The molecule has 0 radical (unpaired) electrons. The number of hydrogen-bond donors (Lipinski definition) is 1. The maximum atomic E-state index is 11.6. The summed E-state index contributed by atoms with van der Waals surface area (Å²) in [7, 11) is 0. The predicted molar refractivity (Wildman–Crippen MR) is 141 cm³/mol. The average molecular weight is 468 g/mol. The topological polar surface area (TPSA) is 53.4 Å². The molecule has 5 rings (SSSR count). The van der Waals surface area contributed by atoms with Crippen molar-refractivity contribution >= 4 is 22.9 Å². The van der Waals surface area contributed by atoms with Gasteiger partial charge in [-0.15, -0.1) is 0 Å². The molecule has 1 N–H and O–H groups in total. The zero-order chi connectivity index (χ0) is 24.2. The summed E-state index contributed by atoms with van der Waals surface area (Å²) >= 11 is 0. The van der Waals surface area contributed by atoms with Gasteiger partial charge in [0.1, 0.15) is 0 Å². The molecule has 1 aliphatic heterocycles. The normalized spacial score (nSPS) is 15.1. The Morgan fingerprint density at radius 1 is 0.914 bits per heavy atom. The standard InChI is InChI=1S/C29H33N5O/c1-3-34-27-15-14-23(20-26(27)31-29(34)30-22(2)35)21-32-16-18-33(19-17-32)28(24-10-6-4-7-11-24)25-12-8-5-9-13-25/h4-15,20,28H,3,16-19,21H2,1-2H3,(H,30,31,35). The molecule has 0 bridgehead atoms. The van der Waals surface area contributed by atoms with Crippen LogP contribution in [0, 0.1) is 0 Å². The third-order valence-electron chi connectivity index (χ3n) is 6.83. The highest BCUT2D eigenvalue weighted by molar-refractivity contribution is 5.90. The lowest BCUT2D eigenvalue weighted by molar-refractivity contribution is -0.114. The Bertz CT molecular complexity index is 1240. The number of rotatable bonds is 7. The average Bonchev–Trinajstić information content (AvgIpc) is 3.22. The molecule has 0 spiro atoms. The second-order valence-corrected chi connectivity index (χ2v) is 9.22. The zero-order valence-corrected chi connectivity index (χ0v) is 20.5. The summed E-state index contributed by atoms with van der Waals surface area (Å²) in [4.78, 5) is 21.4. The van der Waals surface area contributed by atoms with Crippen LogP contribution in [0.5, 0.6) is 0 Å². The first-order valence-electron chi connectivity index (χ1n) is 12.5. The summed E-state index contributed by atoms with van der Waals surface area (Å²) in [5, 5.41) is 2.85. The Hall–Kier alpha value is -3.48. The van der Waals surface area contributed by atoms with Crippen LogP contribution in [-0.2, 0) is 17.9 Å². The minimum atomic E-state index is -0.0996. The van der Waals surface area contributed by atoms with Crippen molar-refractivity contribution in [2.45, 2.75) is 33.0 Å². The van der Waals surface area contributed by atoms with E-state index in [0.29, 0.717) is 5.95 Å². The number of aryl methyl sites for hydroxylation is 1. The number of hydrogen-bond acceptors (Lipinski definition) is 4. The Balaban J connectivity index is 1.29. The van der Waals surface area contributed by atoms with Crippen molar-refractivity contribution in [3.05, 3.63) is 95.6 Å². The first-order chi connectivity index (χ1) is 17.1. The second-order valence-electron chi connectivity index (χ2n) is 9.22. The van der Waals surface area contributed by atoms with Crippen LogP contribution in [0.1, 0.15) is 36.6 Å². The van der Waals surface area contributed by atoms with Gasteiger partial charge in [-0.2, -0.15) is 0 Å². The number of aromatic nitrogens is 2. The minimum absolute atomic E-state index is 0.0996. The number of amides is 1. The van der Waals surface area contributed by atoms with E-state index in [4.69, 9.17) is 0 Å². The van der Waals surface area contributed by atoms with E-state index in [9.17, 15) is 4.79 Å². The molecular formula is C29H33N5O. The molecule has 1 aromatic heterocycles. The van der Waals surface area contributed by atoms with Crippen LogP contribution in [0.25, 0.3) is 11.0 Å². The van der Waals surface area contributed by atoms with E-state index in [1.165, 1.54) is 23.6 Å². The van der Waals surface area contributed by atoms with Crippen molar-refractivity contribution in [1.29, 1.82) is 0 Å². The number of benzene rings is 3. The molecule has 1 saturated heterocycles. The lowest BCUT2D eigenvalue weighted by Crippen LogP contribution is -2.47. The van der Waals surface area contributed by atoms with Crippen LogP contribution < -0.4 is 5.32 Å². The van der Waals surface area contributed by atoms with E-state index in [0.717, 1.165) is 50.3 Å². The summed E-state index contributed by atoms with van der Waals surface area (Å²) in [6.07, 6.45) is 0. The van der Waals surface area contributed by atoms with Gasteiger partial charge < -0.3 is 4.57 Å². The third kappa shape index (κ3) is 5.14. The zero-order valence-electron chi connectivity index (χ0n) is 20.5. The second kappa shape index (κ2) is 10.4. The lowest BCUT2D eigenvalue weighted by atomic mass is 9.96. The molecule has 35 heavy (non-hydrogen) atoms. The maximum Gasteiger partial charge on any atom is 0.223 e. The van der Waals surface area contributed by atoms with Crippen LogP contribution in [0.15, 0.2) is 78.9 Å². The van der Waals surface area contributed by atoms with Crippen molar-refractivity contribution in [3.8, 4) is 0 Å². The number of nitrogens with zero attached hydrogens (tertiary/aromatic N) is 4. The smallest absolute Gasteiger partial charge is 0.223 e. The van der Waals surface area contributed by atoms with E-state index in [-0.39, 0.29) is 11.9 Å². The van der Waals surface area contributed by atoms with Crippen molar-refractivity contribution in [3.63, 3.8) is 0 Å². The molecule has 1 amide bonds. The number of anilines is 1. The van der Waals surface area contributed by atoms with Crippen LogP contribution in [0.3, 0.4) is 0 Å². The maximum absolute atomic E-state index is 11.6. The van der Waals surface area contributed by atoms with Gasteiger partial charge in [-0.1, -0.05) is 66.7 Å². The summed E-state index contributed by atoms with van der Waals surface area (Å²) in [5.74, 6) is 0.519. The highest BCUT2D eigenvalue weighted by atomic mass is 16.1. The molecule has 4 aromatic rings. The number of carbonyl (C=O) groups excluding carboxylic acids is 1. The summed E-state index contributed by atoms with van der Waals surface area (Å²) in [6, 6.07) is 28.4. The monoisotopic (exact) mass is 467 g/mol. The third-order valence-corrected chi connectivity index (χ3v) is 6.83. The van der Waals surface area contributed by atoms with E-state index in [1.807, 2.05) is 4.57 Å². The van der Waals surface area contributed by atoms with Crippen molar-refractivity contribution in [2.24, 2.45) is 0 Å². The molecule has 6 nitrogen and oxygen atoms in total. The molecule has 0 unspecified atom stereocenters. The van der Waals surface area contributed by atoms with Gasteiger partial charge in [0.15, 0.2) is 0 Å². The number of carbonyl (C=O) groups is 1. The Morgan fingerprint density at radius 2 is 1.54 bits per heavy atom. The lowest BCUT2D eigenvalue weighted by Gasteiger charge is -2.39. The van der Waals surface area contributed by atoms with E-state index < -0.39 is 0 Å². The fourth-order valence-electron chi connectivity index (χ4n) is 5.17. The van der Waals surface area contributed by atoms with Gasteiger partial charge in [-0.05, 0) is 35.7 Å². The molecule has 180 valence electrons. The highest BCUT2D eigenvalue weighted by Crippen LogP contribution is 2.30. The van der Waals surface area contributed by atoms with Crippen LogP contribution in [-0.4, -0.2) is 51.4 Å². The van der Waals surface area contributed by atoms with Gasteiger partial charge in [-0.3, -0.25) is 19.9 Å². The quantitative estimate of drug-likeness (QED) is 0.419. The molecule has 6 heteroatoms. The fraction of sp³-hybridized carbons (Fsp3) is 0.310. The van der Waals surface area contributed by atoms with Gasteiger partial charge >= 0.3 is 0 Å². The number of imidazole rings is 1. The minimum Gasteiger partial charge on any atom is -0.310 e. The molecule has 0 atom stereocenters. The van der Waals surface area contributed by atoms with Gasteiger partial charge in [0.2, 0.25) is 11.9 Å². The molecule has 3 aromatic carbocycles. The first-order valence-corrected chi connectivity index (χ1v) is 12.5. The van der Waals surface area contributed by atoms with Crippen molar-refractivity contribution in [2.75, 3.05) is 31.5 Å². The van der Waals surface area contributed by atoms with Gasteiger partial charge in [-0.25, -0.2) is 4.98 Å². The van der Waals surface area contributed by atoms with Crippen molar-refractivity contribution < 1.29 is 4.79 Å². The number of piperazine rings is 1. The molecule has 0 saturated carbocycles. The Labute approximate surface area is 207 Å². The van der Waals surface area contributed by atoms with Crippen LogP contribution in [0.4, 0.5) is 5.95 Å². The molecular weight excluding hydrogens is 434 g/mol. The highest BCUT2D eigenvalue weighted by Gasteiger charge is 2.26. The number of nitrogens with one attached hydrogen (secondary N) is 1. The van der Waals surface area contributed by atoms with Gasteiger partial charge in [0.25, 0.3) is 0 Å². The molecule has 0 aliphatic carbocycles. The summed E-state index contributed by atoms with van der Waals surface area (Å²) < 4.78 is 2.05. The Kier molecular flexibility index (Phi) is 6.93.